The minimum Gasteiger partial charge on any atom is -0.379 e. The summed E-state index contributed by atoms with van der Waals surface area (Å²) in [6.07, 6.45) is 4.21. The van der Waals surface area contributed by atoms with Crippen LogP contribution in [0.4, 0.5) is 0 Å². The summed E-state index contributed by atoms with van der Waals surface area (Å²) in [7, 11) is 0. The molecule has 1 unspecified atom stereocenters. The van der Waals surface area contributed by atoms with Crippen molar-refractivity contribution >= 4 is 0 Å². The monoisotopic (exact) mass is 210 g/mol. The van der Waals surface area contributed by atoms with Crippen molar-refractivity contribution in [2.45, 2.75) is 45.1 Å². The predicted octanol–water partition coefficient (Wildman–Crippen LogP) is 2.18. The van der Waals surface area contributed by atoms with Crippen LogP contribution in [-0.4, -0.2) is 36.7 Å². The third-order valence-corrected chi connectivity index (χ3v) is 3.35. The van der Waals surface area contributed by atoms with E-state index >= 15 is 0 Å². The maximum Gasteiger partial charge on any atom is 0.109 e. The molecule has 1 fully saturated rings. The first kappa shape index (κ1) is 12.5. The molecule has 1 aliphatic rings. The molecule has 0 aromatic heterocycles. The van der Waals surface area contributed by atoms with E-state index < -0.39 is 0 Å². The van der Waals surface area contributed by atoms with Gasteiger partial charge in [-0.3, -0.25) is 4.90 Å². The number of morpholine rings is 1. The molecule has 1 rings (SSSR count). The molecule has 0 amide bonds. The van der Waals surface area contributed by atoms with Crippen LogP contribution in [0.5, 0.6) is 0 Å². The first-order chi connectivity index (χ1) is 7.29. The Morgan fingerprint density at radius 3 is 2.47 bits per heavy atom. The second kappa shape index (κ2) is 6.09. The number of nitrogens with zero attached hydrogens (tertiary/aromatic N) is 2. The summed E-state index contributed by atoms with van der Waals surface area (Å²) in [6, 6.07) is 2.54. The van der Waals surface area contributed by atoms with Gasteiger partial charge in [0, 0.05) is 13.1 Å². The summed E-state index contributed by atoms with van der Waals surface area (Å²) >= 11 is 0. The predicted molar refractivity (Wildman–Crippen MR) is 60.6 cm³/mol. The van der Waals surface area contributed by atoms with Crippen molar-refractivity contribution in [1.29, 1.82) is 5.26 Å². The number of ether oxygens (including phenoxy) is 1. The van der Waals surface area contributed by atoms with Gasteiger partial charge in [0.15, 0.2) is 0 Å². The van der Waals surface area contributed by atoms with Crippen molar-refractivity contribution < 1.29 is 4.74 Å². The summed E-state index contributed by atoms with van der Waals surface area (Å²) in [5, 5.41) is 9.42. The maximum absolute atomic E-state index is 9.42. The molecule has 3 heteroatoms. The number of hydrogen-bond donors (Lipinski definition) is 0. The smallest absolute Gasteiger partial charge is 0.109 e. The van der Waals surface area contributed by atoms with E-state index in [0.29, 0.717) is 0 Å². The zero-order chi connectivity index (χ0) is 11.1. The van der Waals surface area contributed by atoms with Crippen LogP contribution in [0.2, 0.25) is 0 Å². The van der Waals surface area contributed by atoms with E-state index in [4.69, 9.17) is 4.74 Å². The van der Waals surface area contributed by atoms with E-state index in [1.807, 2.05) is 0 Å². The van der Waals surface area contributed by atoms with Crippen molar-refractivity contribution in [2.24, 2.45) is 0 Å². The summed E-state index contributed by atoms with van der Waals surface area (Å²) in [5.74, 6) is 0. The maximum atomic E-state index is 9.42. The van der Waals surface area contributed by atoms with Crippen LogP contribution < -0.4 is 0 Å². The van der Waals surface area contributed by atoms with Gasteiger partial charge in [-0.15, -0.1) is 0 Å². The molecule has 0 radical (unpaired) electrons. The highest BCUT2D eigenvalue weighted by Gasteiger charge is 2.35. The average molecular weight is 210 g/mol. The molecule has 0 bridgehead atoms. The molecule has 0 spiro atoms. The Kier molecular flexibility index (Phi) is 5.07. The molecule has 86 valence electrons. The van der Waals surface area contributed by atoms with E-state index in [0.717, 1.165) is 52.0 Å². The number of nitriles is 1. The van der Waals surface area contributed by atoms with E-state index in [2.05, 4.69) is 24.8 Å². The summed E-state index contributed by atoms with van der Waals surface area (Å²) in [6.45, 7) is 7.66. The van der Waals surface area contributed by atoms with Crippen molar-refractivity contribution in [3.8, 4) is 6.07 Å². The minimum atomic E-state index is -0.236. The molecule has 15 heavy (non-hydrogen) atoms. The van der Waals surface area contributed by atoms with Crippen molar-refractivity contribution in [3.05, 3.63) is 0 Å². The fourth-order valence-corrected chi connectivity index (χ4v) is 2.22. The topological polar surface area (TPSA) is 36.3 Å². The van der Waals surface area contributed by atoms with E-state index in [9.17, 15) is 5.26 Å². The molecule has 0 saturated carbocycles. The molecule has 0 aromatic carbocycles. The number of rotatable bonds is 5. The third-order valence-electron chi connectivity index (χ3n) is 3.35. The van der Waals surface area contributed by atoms with Gasteiger partial charge in [0.05, 0.1) is 19.3 Å². The highest BCUT2D eigenvalue weighted by atomic mass is 16.5. The molecule has 1 heterocycles. The zero-order valence-electron chi connectivity index (χ0n) is 9.96. The zero-order valence-corrected chi connectivity index (χ0v) is 9.96. The molecule has 3 nitrogen and oxygen atoms in total. The Morgan fingerprint density at radius 1 is 1.33 bits per heavy atom. The van der Waals surface area contributed by atoms with Gasteiger partial charge in [0.2, 0.25) is 0 Å². The van der Waals surface area contributed by atoms with Crippen LogP contribution in [0.3, 0.4) is 0 Å². The van der Waals surface area contributed by atoms with Crippen LogP contribution in [0.15, 0.2) is 0 Å². The molecular formula is C12H22N2O. The summed E-state index contributed by atoms with van der Waals surface area (Å²) in [4.78, 5) is 2.31. The van der Waals surface area contributed by atoms with Gasteiger partial charge >= 0.3 is 0 Å². The molecule has 1 aliphatic heterocycles. The first-order valence-corrected chi connectivity index (χ1v) is 6.03. The highest BCUT2D eigenvalue weighted by molar-refractivity contribution is 5.08. The van der Waals surface area contributed by atoms with Crippen molar-refractivity contribution in [2.75, 3.05) is 26.3 Å². The van der Waals surface area contributed by atoms with Gasteiger partial charge in [0.25, 0.3) is 0 Å². The Labute approximate surface area is 93.0 Å². The summed E-state index contributed by atoms with van der Waals surface area (Å²) in [5.41, 5.74) is -0.236. The Hall–Kier alpha value is -0.590. The average Bonchev–Trinajstić information content (AvgIpc) is 2.33. The van der Waals surface area contributed by atoms with Crippen LogP contribution in [0.1, 0.15) is 39.5 Å². The second-order valence-corrected chi connectivity index (χ2v) is 4.20. The van der Waals surface area contributed by atoms with Gasteiger partial charge in [-0.2, -0.15) is 5.26 Å². The Bertz CT molecular complexity index is 218. The second-order valence-electron chi connectivity index (χ2n) is 4.20. The van der Waals surface area contributed by atoms with Crippen LogP contribution in [0.25, 0.3) is 0 Å². The van der Waals surface area contributed by atoms with Crippen LogP contribution in [0, 0.1) is 11.3 Å². The molecule has 1 atom stereocenters. The third kappa shape index (κ3) is 2.93. The molecule has 1 saturated heterocycles. The van der Waals surface area contributed by atoms with E-state index in [-0.39, 0.29) is 5.54 Å². The van der Waals surface area contributed by atoms with Gasteiger partial charge in [-0.05, 0) is 12.8 Å². The highest BCUT2D eigenvalue weighted by Crippen LogP contribution is 2.26. The van der Waals surface area contributed by atoms with Crippen molar-refractivity contribution in [3.63, 3.8) is 0 Å². The summed E-state index contributed by atoms with van der Waals surface area (Å²) < 4.78 is 5.34. The van der Waals surface area contributed by atoms with Gasteiger partial charge in [-0.1, -0.05) is 26.7 Å². The molecule has 0 aromatic rings. The lowest BCUT2D eigenvalue weighted by Gasteiger charge is -2.40. The van der Waals surface area contributed by atoms with Gasteiger partial charge < -0.3 is 4.74 Å². The lowest BCUT2D eigenvalue weighted by Crippen LogP contribution is -2.52. The fraction of sp³-hybridized carbons (Fsp3) is 0.917. The Morgan fingerprint density at radius 2 is 2.00 bits per heavy atom. The normalized spacial score (nSPS) is 21.9. The van der Waals surface area contributed by atoms with E-state index in [1.54, 1.807) is 0 Å². The quantitative estimate of drug-likeness (QED) is 0.698. The number of hydrogen-bond acceptors (Lipinski definition) is 3. The Balaban J connectivity index is 2.65. The lowest BCUT2D eigenvalue weighted by molar-refractivity contribution is -0.00798. The largest absolute Gasteiger partial charge is 0.379 e. The minimum absolute atomic E-state index is 0.236. The van der Waals surface area contributed by atoms with Crippen LogP contribution >= 0.6 is 0 Å². The standard InChI is InChI=1S/C12H22N2O/c1-3-5-6-12(4-2,11-13)14-7-9-15-10-8-14/h3-10H2,1-2H3. The first-order valence-electron chi connectivity index (χ1n) is 6.03. The van der Waals surface area contributed by atoms with E-state index in [1.165, 1.54) is 0 Å². The number of unbranched alkanes of at least 4 members (excludes halogenated alkanes) is 1. The van der Waals surface area contributed by atoms with Crippen molar-refractivity contribution in [1.82, 2.24) is 4.90 Å². The fourth-order valence-electron chi connectivity index (χ4n) is 2.22. The van der Waals surface area contributed by atoms with Gasteiger partial charge in [0.1, 0.15) is 5.54 Å². The SMILES string of the molecule is CCCCC(C#N)(CC)N1CCOCC1. The molecule has 0 aliphatic carbocycles. The molecule has 0 N–H and O–H groups in total. The van der Waals surface area contributed by atoms with Gasteiger partial charge in [-0.25, -0.2) is 0 Å². The van der Waals surface area contributed by atoms with Crippen LogP contribution in [-0.2, 0) is 4.74 Å². The molecular weight excluding hydrogens is 188 g/mol. The lowest BCUT2D eigenvalue weighted by atomic mass is 9.89.